The molecule has 0 N–H and O–H groups in total. The molecule has 0 saturated heterocycles. The maximum absolute atomic E-state index is 13.5. The molecule has 208 valence electrons. The number of fused-ring (bicyclic) bond motifs is 1. The fraction of sp³-hybridized carbons (Fsp3) is 0.700. The third-order valence-corrected chi connectivity index (χ3v) is 6.67. The Morgan fingerprint density at radius 1 is 1.00 bits per heavy atom. The van der Waals surface area contributed by atoms with Crippen LogP contribution >= 0.6 is 0 Å². The number of hydrogen-bond donors (Lipinski definition) is 0. The van der Waals surface area contributed by atoms with E-state index in [0.717, 1.165) is 62.5 Å². The molecule has 0 aliphatic heterocycles. The summed E-state index contributed by atoms with van der Waals surface area (Å²) in [6.45, 7) is 18.6. The van der Waals surface area contributed by atoms with Crippen molar-refractivity contribution in [2.24, 2.45) is 11.8 Å². The van der Waals surface area contributed by atoms with Crippen LogP contribution in [0, 0.1) is 11.8 Å². The molecule has 0 unspecified atom stereocenters. The van der Waals surface area contributed by atoms with E-state index in [4.69, 9.17) is 9.72 Å². The first-order chi connectivity index (χ1) is 17.7. The average molecular weight is 515 g/mol. The number of carbonyl (C=O) groups excluding carboxylic acids is 2. The lowest BCUT2D eigenvalue weighted by molar-refractivity contribution is -0.140. The zero-order valence-corrected chi connectivity index (χ0v) is 24.4. The first kappa shape index (κ1) is 30.8. The molecular formula is C30H50N4O3. The number of hydrogen-bond acceptors (Lipinski definition) is 5. The van der Waals surface area contributed by atoms with Gasteiger partial charge in [-0.15, -0.1) is 0 Å². The summed E-state index contributed by atoms with van der Waals surface area (Å²) in [5.74, 6) is 1.68. The largest absolute Gasteiger partial charge is 0.469 e. The van der Waals surface area contributed by atoms with Crippen molar-refractivity contribution in [3.8, 4) is 0 Å². The van der Waals surface area contributed by atoms with E-state index in [1.54, 1.807) is 0 Å². The van der Waals surface area contributed by atoms with Gasteiger partial charge in [0.1, 0.15) is 5.82 Å². The van der Waals surface area contributed by atoms with Gasteiger partial charge in [-0.1, -0.05) is 48.0 Å². The van der Waals surface area contributed by atoms with Gasteiger partial charge in [0.15, 0.2) is 0 Å². The molecule has 2 rings (SSSR count). The highest BCUT2D eigenvalue weighted by molar-refractivity contribution is 5.97. The van der Waals surface area contributed by atoms with Crippen LogP contribution in [-0.2, 0) is 22.5 Å². The molecule has 0 saturated carbocycles. The molecule has 1 heterocycles. The summed E-state index contributed by atoms with van der Waals surface area (Å²) in [6, 6.07) is 5.92. The van der Waals surface area contributed by atoms with Crippen molar-refractivity contribution in [3.63, 3.8) is 0 Å². The SMILES string of the molecule is CCCCN(CC)CCCn1c(CCCC(=O)OC)nc2ccc(C(=O)N(CC(C)C)CC(C)C)cc21. The van der Waals surface area contributed by atoms with Crippen LogP contribution in [0.25, 0.3) is 11.0 Å². The molecule has 0 radical (unpaired) electrons. The summed E-state index contributed by atoms with van der Waals surface area (Å²) in [7, 11) is 1.43. The van der Waals surface area contributed by atoms with Crippen LogP contribution in [0.3, 0.4) is 0 Å². The lowest BCUT2D eigenvalue weighted by Gasteiger charge is -2.26. The number of rotatable bonds is 17. The van der Waals surface area contributed by atoms with Crippen molar-refractivity contribution in [2.45, 2.75) is 86.6 Å². The van der Waals surface area contributed by atoms with E-state index in [2.05, 4.69) is 51.0 Å². The summed E-state index contributed by atoms with van der Waals surface area (Å²) >= 11 is 0. The van der Waals surface area contributed by atoms with Gasteiger partial charge in [-0.2, -0.15) is 0 Å². The Hall–Kier alpha value is -2.41. The first-order valence-electron chi connectivity index (χ1n) is 14.3. The lowest BCUT2D eigenvalue weighted by Crippen LogP contribution is -2.37. The number of benzene rings is 1. The van der Waals surface area contributed by atoms with Crippen LogP contribution in [0.5, 0.6) is 0 Å². The van der Waals surface area contributed by atoms with Gasteiger partial charge in [-0.3, -0.25) is 9.59 Å². The van der Waals surface area contributed by atoms with E-state index in [1.807, 2.05) is 23.1 Å². The topological polar surface area (TPSA) is 67.7 Å². The van der Waals surface area contributed by atoms with Gasteiger partial charge in [0.05, 0.1) is 18.1 Å². The number of nitrogens with zero attached hydrogens (tertiary/aromatic N) is 4. The summed E-state index contributed by atoms with van der Waals surface area (Å²) < 4.78 is 7.09. The number of unbranched alkanes of at least 4 members (excludes halogenated alkanes) is 1. The van der Waals surface area contributed by atoms with Crippen molar-refractivity contribution >= 4 is 22.9 Å². The number of aromatic nitrogens is 2. The number of methoxy groups -OCH3 is 1. The zero-order chi connectivity index (χ0) is 27.4. The lowest BCUT2D eigenvalue weighted by atomic mass is 10.1. The van der Waals surface area contributed by atoms with Gasteiger partial charge in [0.2, 0.25) is 0 Å². The quantitative estimate of drug-likeness (QED) is 0.250. The third-order valence-electron chi connectivity index (χ3n) is 6.67. The maximum atomic E-state index is 13.5. The maximum Gasteiger partial charge on any atom is 0.305 e. The molecular weight excluding hydrogens is 464 g/mol. The predicted octanol–water partition coefficient (Wildman–Crippen LogP) is 5.80. The van der Waals surface area contributed by atoms with Gasteiger partial charge in [0, 0.05) is 38.0 Å². The van der Waals surface area contributed by atoms with E-state index >= 15 is 0 Å². The van der Waals surface area contributed by atoms with Crippen LogP contribution in [0.4, 0.5) is 0 Å². The number of esters is 1. The summed E-state index contributed by atoms with van der Waals surface area (Å²) in [5, 5.41) is 0. The fourth-order valence-corrected chi connectivity index (χ4v) is 4.81. The molecule has 1 amide bonds. The number of carbonyl (C=O) groups is 2. The Labute approximate surface area is 224 Å². The van der Waals surface area contributed by atoms with Crippen molar-refractivity contribution in [3.05, 3.63) is 29.6 Å². The minimum Gasteiger partial charge on any atom is -0.469 e. The fourth-order valence-electron chi connectivity index (χ4n) is 4.81. The normalized spacial score (nSPS) is 11.7. The molecule has 0 spiro atoms. The second-order valence-corrected chi connectivity index (χ2v) is 11.0. The van der Waals surface area contributed by atoms with Crippen molar-refractivity contribution < 1.29 is 14.3 Å². The highest BCUT2D eigenvalue weighted by Gasteiger charge is 2.20. The van der Waals surface area contributed by atoms with Crippen molar-refractivity contribution in [1.29, 1.82) is 0 Å². The minimum atomic E-state index is -0.194. The zero-order valence-electron chi connectivity index (χ0n) is 24.4. The van der Waals surface area contributed by atoms with E-state index in [9.17, 15) is 9.59 Å². The second-order valence-electron chi connectivity index (χ2n) is 11.0. The molecule has 1 aromatic carbocycles. The van der Waals surface area contributed by atoms with E-state index in [0.29, 0.717) is 36.7 Å². The Morgan fingerprint density at radius 3 is 2.27 bits per heavy atom. The van der Waals surface area contributed by atoms with Gasteiger partial charge in [0.25, 0.3) is 5.91 Å². The molecule has 1 aromatic heterocycles. The smallest absolute Gasteiger partial charge is 0.305 e. The molecule has 0 bridgehead atoms. The van der Waals surface area contributed by atoms with Gasteiger partial charge in [-0.25, -0.2) is 4.98 Å². The first-order valence-corrected chi connectivity index (χ1v) is 14.3. The number of amides is 1. The van der Waals surface area contributed by atoms with Crippen LogP contribution in [0.2, 0.25) is 0 Å². The molecule has 2 aromatic rings. The van der Waals surface area contributed by atoms with Crippen LogP contribution in [0.1, 0.15) is 89.8 Å². The number of aryl methyl sites for hydroxylation is 2. The Balaban J connectivity index is 2.33. The molecule has 37 heavy (non-hydrogen) atoms. The van der Waals surface area contributed by atoms with Gasteiger partial charge < -0.3 is 19.1 Å². The van der Waals surface area contributed by atoms with Crippen molar-refractivity contribution in [1.82, 2.24) is 19.4 Å². The Kier molecular flexibility index (Phi) is 13.1. The molecule has 0 atom stereocenters. The minimum absolute atomic E-state index is 0.0843. The molecule has 0 aliphatic rings. The highest BCUT2D eigenvalue weighted by Crippen LogP contribution is 2.22. The number of ether oxygens (including phenoxy) is 1. The summed E-state index contributed by atoms with van der Waals surface area (Å²) in [4.78, 5) is 34.6. The molecule has 0 fully saturated rings. The average Bonchev–Trinajstić information content (AvgIpc) is 3.20. The highest BCUT2D eigenvalue weighted by atomic mass is 16.5. The van der Waals surface area contributed by atoms with Gasteiger partial charge in [-0.05, 0) is 68.9 Å². The molecule has 7 nitrogen and oxygen atoms in total. The predicted molar refractivity (Wildman–Crippen MR) is 152 cm³/mol. The van der Waals surface area contributed by atoms with Crippen molar-refractivity contribution in [2.75, 3.05) is 39.8 Å². The monoisotopic (exact) mass is 514 g/mol. The van der Waals surface area contributed by atoms with E-state index in [-0.39, 0.29) is 11.9 Å². The summed E-state index contributed by atoms with van der Waals surface area (Å²) in [5.41, 5.74) is 2.63. The van der Waals surface area contributed by atoms with E-state index < -0.39 is 0 Å². The van der Waals surface area contributed by atoms with Gasteiger partial charge >= 0.3 is 5.97 Å². The summed E-state index contributed by atoms with van der Waals surface area (Å²) in [6.07, 6.45) is 5.20. The van der Waals surface area contributed by atoms with E-state index in [1.165, 1.54) is 20.0 Å². The molecule has 0 aliphatic carbocycles. The standard InChI is InChI=1S/C30H50N4O3/c1-8-10-17-32(9-2)18-12-19-34-27-20-25(30(36)33(21-23(3)4)22-24(5)6)15-16-26(27)31-28(34)13-11-14-29(35)37-7/h15-16,20,23-24H,8-14,17-19,21-22H2,1-7H3. The second kappa shape index (κ2) is 15.8. The third kappa shape index (κ3) is 9.76. The van der Waals surface area contributed by atoms with Crippen LogP contribution in [0.15, 0.2) is 18.2 Å². The Bertz CT molecular complexity index is 973. The number of imidazole rings is 1. The van der Waals surface area contributed by atoms with Crippen LogP contribution in [-0.4, -0.2) is 71.1 Å². The van der Waals surface area contributed by atoms with Crippen LogP contribution < -0.4 is 0 Å². The molecule has 7 heteroatoms. The Morgan fingerprint density at radius 2 is 1.68 bits per heavy atom.